The number of carbonyl (C=O) groups excluding carboxylic acids is 2. The summed E-state index contributed by atoms with van der Waals surface area (Å²) in [6.07, 6.45) is 0.563. The van der Waals surface area contributed by atoms with Crippen molar-refractivity contribution in [1.29, 1.82) is 0 Å². The number of hydrogen-bond donors (Lipinski definition) is 1. The van der Waals surface area contributed by atoms with E-state index in [4.69, 9.17) is 0 Å². The van der Waals surface area contributed by atoms with Crippen LogP contribution in [0.5, 0.6) is 0 Å². The minimum Gasteiger partial charge on any atom is -0.350 e. The number of nitrogens with one attached hydrogen (secondary N) is 1. The van der Waals surface area contributed by atoms with Crippen LogP contribution in [0.3, 0.4) is 0 Å². The van der Waals surface area contributed by atoms with Crippen LogP contribution in [0.25, 0.3) is 5.57 Å². The van der Waals surface area contributed by atoms with Gasteiger partial charge in [-0.3, -0.25) is 14.5 Å². The highest BCUT2D eigenvalue weighted by atomic mass is 19.1. The van der Waals surface area contributed by atoms with Gasteiger partial charge < -0.3 is 5.32 Å². The van der Waals surface area contributed by atoms with Gasteiger partial charge in [-0.25, -0.2) is 4.39 Å². The molecule has 2 amide bonds. The number of carbonyl (C=O) groups is 2. The minimum atomic E-state index is -0.422. The lowest BCUT2D eigenvalue weighted by atomic mass is 10.0. The Bertz CT molecular complexity index is 1080. The Balaban J connectivity index is 1.66. The van der Waals surface area contributed by atoms with Crippen molar-refractivity contribution in [1.82, 2.24) is 4.90 Å². The largest absolute Gasteiger partial charge is 0.350 e. The molecule has 29 heavy (non-hydrogen) atoms. The van der Waals surface area contributed by atoms with Crippen molar-refractivity contribution in [3.8, 4) is 0 Å². The Morgan fingerprint density at radius 1 is 0.793 bits per heavy atom. The van der Waals surface area contributed by atoms with E-state index in [0.29, 0.717) is 23.2 Å². The third-order valence-corrected chi connectivity index (χ3v) is 4.79. The molecule has 0 saturated carbocycles. The number of rotatable bonds is 6. The predicted octanol–water partition coefficient (Wildman–Crippen LogP) is 4.26. The van der Waals surface area contributed by atoms with Crippen LogP contribution in [0.15, 0.2) is 90.6 Å². The van der Waals surface area contributed by atoms with Gasteiger partial charge in [0.15, 0.2) is 0 Å². The summed E-state index contributed by atoms with van der Waals surface area (Å²) in [4.78, 5) is 27.5. The van der Waals surface area contributed by atoms with Gasteiger partial charge in [0.2, 0.25) is 0 Å². The van der Waals surface area contributed by atoms with Gasteiger partial charge in [-0.15, -0.1) is 0 Å². The first-order chi connectivity index (χ1) is 14.1. The third kappa shape index (κ3) is 3.94. The highest BCUT2D eigenvalue weighted by Crippen LogP contribution is 2.30. The zero-order valence-electron chi connectivity index (χ0n) is 15.6. The van der Waals surface area contributed by atoms with E-state index in [9.17, 15) is 14.0 Å². The number of anilines is 1. The van der Waals surface area contributed by atoms with Gasteiger partial charge in [0.1, 0.15) is 11.5 Å². The average molecular weight is 386 g/mol. The molecule has 0 aliphatic carbocycles. The van der Waals surface area contributed by atoms with Gasteiger partial charge in [0.25, 0.3) is 11.8 Å². The molecule has 0 aromatic heterocycles. The fraction of sp³-hybridized carbons (Fsp3) is 0.0833. The summed E-state index contributed by atoms with van der Waals surface area (Å²) in [6.45, 7) is 0.270. The lowest BCUT2D eigenvalue weighted by molar-refractivity contribution is -0.136. The SMILES string of the molecule is O=C1C(Nc2cccc(F)c2)=C(c2ccccc2)C(=O)N1CCc1ccccc1. The van der Waals surface area contributed by atoms with Crippen molar-refractivity contribution in [3.05, 3.63) is 108 Å². The molecule has 4 nitrogen and oxygen atoms in total. The van der Waals surface area contributed by atoms with Crippen molar-refractivity contribution >= 4 is 23.1 Å². The molecule has 1 aliphatic rings. The second kappa shape index (κ2) is 8.10. The summed E-state index contributed by atoms with van der Waals surface area (Å²) >= 11 is 0. The molecule has 1 aliphatic heterocycles. The van der Waals surface area contributed by atoms with E-state index < -0.39 is 11.7 Å². The molecule has 0 bridgehead atoms. The number of benzene rings is 3. The summed E-state index contributed by atoms with van der Waals surface area (Å²) in [7, 11) is 0. The smallest absolute Gasteiger partial charge is 0.278 e. The summed E-state index contributed by atoms with van der Waals surface area (Å²) in [6, 6.07) is 24.6. The monoisotopic (exact) mass is 386 g/mol. The highest BCUT2D eigenvalue weighted by Gasteiger charge is 2.38. The molecule has 1 heterocycles. The van der Waals surface area contributed by atoms with E-state index in [-0.39, 0.29) is 18.1 Å². The van der Waals surface area contributed by atoms with Gasteiger partial charge in [-0.05, 0) is 35.7 Å². The van der Waals surface area contributed by atoms with Gasteiger partial charge in [-0.2, -0.15) is 0 Å². The number of halogens is 1. The van der Waals surface area contributed by atoms with Crippen LogP contribution in [0.1, 0.15) is 11.1 Å². The van der Waals surface area contributed by atoms with E-state index in [0.717, 1.165) is 5.56 Å². The Hall–Kier alpha value is -3.73. The maximum absolute atomic E-state index is 13.6. The first-order valence-electron chi connectivity index (χ1n) is 9.36. The van der Waals surface area contributed by atoms with Crippen LogP contribution >= 0.6 is 0 Å². The van der Waals surface area contributed by atoms with Gasteiger partial charge >= 0.3 is 0 Å². The summed E-state index contributed by atoms with van der Waals surface area (Å²) in [5.41, 5.74) is 2.57. The van der Waals surface area contributed by atoms with Crippen LogP contribution in [-0.2, 0) is 16.0 Å². The van der Waals surface area contributed by atoms with Crippen molar-refractivity contribution in [2.24, 2.45) is 0 Å². The van der Waals surface area contributed by atoms with Crippen molar-refractivity contribution in [2.45, 2.75) is 6.42 Å². The second-order valence-corrected chi connectivity index (χ2v) is 6.75. The average Bonchev–Trinajstić information content (AvgIpc) is 2.97. The van der Waals surface area contributed by atoms with Crippen LogP contribution < -0.4 is 5.32 Å². The number of hydrogen-bond acceptors (Lipinski definition) is 3. The second-order valence-electron chi connectivity index (χ2n) is 6.75. The van der Waals surface area contributed by atoms with Crippen molar-refractivity contribution < 1.29 is 14.0 Å². The van der Waals surface area contributed by atoms with E-state index in [1.54, 1.807) is 24.3 Å². The molecule has 0 spiro atoms. The molecular formula is C24H19FN2O2. The fourth-order valence-corrected chi connectivity index (χ4v) is 3.36. The lowest BCUT2D eigenvalue weighted by Crippen LogP contribution is -2.34. The molecule has 4 rings (SSSR count). The maximum Gasteiger partial charge on any atom is 0.278 e. The number of amides is 2. The molecule has 5 heteroatoms. The quantitative estimate of drug-likeness (QED) is 0.644. The fourth-order valence-electron chi connectivity index (χ4n) is 3.36. The molecule has 0 fully saturated rings. The van der Waals surface area contributed by atoms with E-state index in [2.05, 4.69) is 5.32 Å². The molecule has 0 unspecified atom stereocenters. The van der Waals surface area contributed by atoms with Crippen LogP contribution in [0.2, 0.25) is 0 Å². The predicted molar refractivity (Wildman–Crippen MR) is 110 cm³/mol. The summed E-state index contributed by atoms with van der Waals surface area (Å²) in [5.74, 6) is -1.18. The lowest BCUT2D eigenvalue weighted by Gasteiger charge is -2.15. The van der Waals surface area contributed by atoms with Crippen molar-refractivity contribution in [2.75, 3.05) is 11.9 Å². The molecule has 144 valence electrons. The molecule has 0 radical (unpaired) electrons. The number of imide groups is 1. The Kier molecular flexibility index (Phi) is 5.20. The topological polar surface area (TPSA) is 49.4 Å². The Labute approximate surface area is 168 Å². The molecular weight excluding hydrogens is 367 g/mol. The molecule has 0 saturated heterocycles. The number of nitrogens with zero attached hydrogens (tertiary/aromatic N) is 1. The van der Waals surface area contributed by atoms with Crippen molar-refractivity contribution in [3.63, 3.8) is 0 Å². The Morgan fingerprint density at radius 2 is 1.48 bits per heavy atom. The molecule has 3 aromatic rings. The maximum atomic E-state index is 13.6. The van der Waals surface area contributed by atoms with Gasteiger partial charge in [0, 0.05) is 12.2 Å². The highest BCUT2D eigenvalue weighted by molar-refractivity contribution is 6.36. The van der Waals surface area contributed by atoms with Crippen LogP contribution in [-0.4, -0.2) is 23.3 Å². The standard InChI is InChI=1S/C24H19FN2O2/c25-19-12-7-13-20(16-19)26-22-21(18-10-5-2-6-11-18)23(28)27(24(22)29)15-14-17-8-3-1-4-9-17/h1-13,16,26H,14-15H2. The van der Waals surface area contributed by atoms with Gasteiger partial charge in [0.05, 0.1) is 5.57 Å². The minimum absolute atomic E-state index is 0.167. The molecule has 1 N–H and O–H groups in total. The van der Waals surface area contributed by atoms with E-state index >= 15 is 0 Å². The Morgan fingerprint density at radius 3 is 2.17 bits per heavy atom. The van der Waals surface area contributed by atoms with Crippen LogP contribution in [0.4, 0.5) is 10.1 Å². The van der Waals surface area contributed by atoms with Crippen LogP contribution in [0, 0.1) is 5.82 Å². The first-order valence-corrected chi connectivity index (χ1v) is 9.36. The van der Waals surface area contributed by atoms with E-state index in [1.165, 1.54) is 17.0 Å². The first kappa shape index (κ1) is 18.6. The molecule has 0 atom stereocenters. The molecule has 3 aromatic carbocycles. The zero-order valence-corrected chi connectivity index (χ0v) is 15.6. The summed E-state index contributed by atoms with van der Waals surface area (Å²) in [5, 5.41) is 2.97. The normalized spacial score (nSPS) is 13.9. The third-order valence-electron chi connectivity index (χ3n) is 4.79. The van der Waals surface area contributed by atoms with E-state index in [1.807, 2.05) is 48.5 Å². The zero-order chi connectivity index (χ0) is 20.2. The van der Waals surface area contributed by atoms with Gasteiger partial charge in [-0.1, -0.05) is 66.7 Å². The summed E-state index contributed by atoms with van der Waals surface area (Å²) < 4.78 is 13.6.